The van der Waals surface area contributed by atoms with E-state index in [4.69, 9.17) is 4.52 Å². The molecule has 0 bridgehead atoms. The Morgan fingerprint density at radius 1 is 1.03 bits per heavy atom. The number of nitrogens with one attached hydrogen (secondary N) is 1. The molecule has 2 aromatic heterocycles. The summed E-state index contributed by atoms with van der Waals surface area (Å²) in [5, 5.41) is 6.35. The summed E-state index contributed by atoms with van der Waals surface area (Å²) in [6.07, 6.45) is 1.66. The molecule has 0 spiro atoms. The normalized spacial score (nSPS) is 13.8. The van der Waals surface area contributed by atoms with Gasteiger partial charge in [0.2, 0.25) is 5.91 Å². The van der Waals surface area contributed by atoms with Gasteiger partial charge in [-0.3, -0.25) is 14.4 Å². The van der Waals surface area contributed by atoms with Crippen LogP contribution in [-0.4, -0.2) is 63.4 Å². The fourth-order valence-corrected chi connectivity index (χ4v) is 3.56. The largest absolute Gasteiger partial charge is 0.360 e. The number of hydrogen-bond donors (Lipinski definition) is 1. The van der Waals surface area contributed by atoms with Gasteiger partial charge in [-0.25, -0.2) is 4.39 Å². The van der Waals surface area contributed by atoms with Crippen LogP contribution >= 0.6 is 0 Å². The summed E-state index contributed by atoms with van der Waals surface area (Å²) in [6, 6.07) is 10.4. The van der Waals surface area contributed by atoms with Crippen LogP contribution in [0, 0.1) is 12.7 Å². The van der Waals surface area contributed by atoms with Gasteiger partial charge in [0.15, 0.2) is 5.82 Å². The van der Waals surface area contributed by atoms with Crippen LogP contribution in [-0.2, 0) is 11.3 Å². The summed E-state index contributed by atoms with van der Waals surface area (Å²) in [5.41, 5.74) is 0.795. The lowest BCUT2D eigenvalue weighted by Gasteiger charge is -2.35. The first kappa shape index (κ1) is 21.3. The Kier molecular flexibility index (Phi) is 6.02. The topological polar surface area (TPSA) is 101 Å². The van der Waals surface area contributed by atoms with Crippen LogP contribution in [0.2, 0.25) is 0 Å². The molecule has 0 saturated carbocycles. The third kappa shape index (κ3) is 4.69. The maximum atomic E-state index is 13.1. The standard InChI is InChI=1S/C22H22FN5O4/c1-15-13-19(25-32-15)24-20(29)14-28-8-2-3-18(28)22(31)27-11-9-26(10-12-27)21(30)16-4-6-17(23)7-5-16/h2-8,13H,9-12,14H2,1H3,(H,24,25,29). The van der Waals surface area contributed by atoms with Gasteiger partial charge in [0.25, 0.3) is 11.8 Å². The number of anilines is 1. The highest BCUT2D eigenvalue weighted by molar-refractivity contribution is 5.96. The molecule has 10 heteroatoms. The lowest BCUT2D eigenvalue weighted by molar-refractivity contribution is -0.116. The van der Waals surface area contributed by atoms with Crippen molar-refractivity contribution in [2.24, 2.45) is 0 Å². The van der Waals surface area contributed by atoms with E-state index in [1.165, 1.54) is 24.3 Å². The highest BCUT2D eigenvalue weighted by atomic mass is 19.1. The van der Waals surface area contributed by atoms with E-state index in [9.17, 15) is 18.8 Å². The van der Waals surface area contributed by atoms with Crippen molar-refractivity contribution in [3.63, 3.8) is 0 Å². The molecule has 1 saturated heterocycles. The van der Waals surface area contributed by atoms with E-state index in [2.05, 4.69) is 10.5 Å². The maximum Gasteiger partial charge on any atom is 0.270 e. The molecule has 32 heavy (non-hydrogen) atoms. The first-order valence-electron chi connectivity index (χ1n) is 10.1. The zero-order chi connectivity index (χ0) is 22.7. The van der Waals surface area contributed by atoms with Gasteiger partial charge in [0.05, 0.1) is 0 Å². The second kappa shape index (κ2) is 9.04. The quantitative estimate of drug-likeness (QED) is 0.657. The number of amides is 3. The van der Waals surface area contributed by atoms with Crippen molar-refractivity contribution in [3.8, 4) is 0 Å². The number of carbonyl (C=O) groups is 3. The van der Waals surface area contributed by atoms with Gasteiger partial charge >= 0.3 is 0 Å². The van der Waals surface area contributed by atoms with Crippen LogP contribution in [0.5, 0.6) is 0 Å². The predicted octanol–water partition coefficient (Wildman–Crippen LogP) is 2.16. The van der Waals surface area contributed by atoms with Crippen molar-refractivity contribution in [2.75, 3.05) is 31.5 Å². The lowest BCUT2D eigenvalue weighted by atomic mass is 10.1. The summed E-state index contributed by atoms with van der Waals surface area (Å²) in [5.74, 6) is -0.249. The molecule has 0 atom stereocenters. The molecule has 1 N–H and O–H groups in total. The average Bonchev–Trinajstić information content (AvgIpc) is 3.42. The maximum absolute atomic E-state index is 13.1. The van der Waals surface area contributed by atoms with E-state index in [-0.39, 0.29) is 24.3 Å². The summed E-state index contributed by atoms with van der Waals surface area (Å²) < 4.78 is 19.6. The Morgan fingerprint density at radius 3 is 2.31 bits per heavy atom. The molecular weight excluding hydrogens is 417 g/mol. The van der Waals surface area contributed by atoms with Gasteiger partial charge < -0.3 is 24.2 Å². The third-order valence-corrected chi connectivity index (χ3v) is 5.20. The molecule has 1 fully saturated rings. The minimum Gasteiger partial charge on any atom is -0.360 e. The molecule has 166 valence electrons. The van der Waals surface area contributed by atoms with Crippen LogP contribution in [0.25, 0.3) is 0 Å². The van der Waals surface area contributed by atoms with Gasteiger partial charge in [0, 0.05) is 44.0 Å². The molecule has 1 aromatic carbocycles. The van der Waals surface area contributed by atoms with Crippen LogP contribution in [0.15, 0.2) is 53.2 Å². The van der Waals surface area contributed by atoms with Crippen molar-refractivity contribution < 1.29 is 23.3 Å². The van der Waals surface area contributed by atoms with E-state index in [1.54, 1.807) is 45.7 Å². The highest BCUT2D eigenvalue weighted by Crippen LogP contribution is 2.14. The van der Waals surface area contributed by atoms with E-state index in [0.717, 1.165) is 0 Å². The minimum atomic E-state index is -0.398. The predicted molar refractivity (Wildman–Crippen MR) is 113 cm³/mol. The van der Waals surface area contributed by atoms with Crippen LogP contribution < -0.4 is 5.32 Å². The number of piperazine rings is 1. The summed E-state index contributed by atoms with van der Waals surface area (Å²) in [6.45, 7) is 3.13. The van der Waals surface area contributed by atoms with E-state index in [0.29, 0.717) is 49.0 Å². The van der Waals surface area contributed by atoms with Crippen LogP contribution in [0.4, 0.5) is 10.2 Å². The van der Waals surface area contributed by atoms with E-state index >= 15 is 0 Å². The Bertz CT molecular complexity index is 1130. The molecule has 3 amide bonds. The van der Waals surface area contributed by atoms with Crippen molar-refractivity contribution in [1.29, 1.82) is 0 Å². The second-order valence-electron chi connectivity index (χ2n) is 7.48. The van der Waals surface area contributed by atoms with Crippen molar-refractivity contribution in [1.82, 2.24) is 19.5 Å². The van der Waals surface area contributed by atoms with Crippen molar-refractivity contribution in [2.45, 2.75) is 13.5 Å². The third-order valence-electron chi connectivity index (χ3n) is 5.20. The molecule has 4 rings (SSSR count). The minimum absolute atomic E-state index is 0.0526. The number of aromatic nitrogens is 2. The molecule has 3 heterocycles. The monoisotopic (exact) mass is 439 g/mol. The van der Waals surface area contributed by atoms with Gasteiger partial charge in [-0.1, -0.05) is 5.16 Å². The fourth-order valence-electron chi connectivity index (χ4n) is 3.56. The number of rotatable bonds is 5. The summed E-state index contributed by atoms with van der Waals surface area (Å²) in [7, 11) is 0. The molecule has 1 aliphatic heterocycles. The number of halogens is 1. The molecule has 0 aliphatic carbocycles. The Labute approximate surface area is 183 Å². The average molecular weight is 439 g/mol. The van der Waals surface area contributed by atoms with Crippen LogP contribution in [0.3, 0.4) is 0 Å². The van der Waals surface area contributed by atoms with E-state index in [1.807, 2.05) is 0 Å². The highest BCUT2D eigenvalue weighted by Gasteiger charge is 2.27. The van der Waals surface area contributed by atoms with E-state index < -0.39 is 5.82 Å². The summed E-state index contributed by atoms with van der Waals surface area (Å²) >= 11 is 0. The van der Waals surface area contributed by atoms with Crippen molar-refractivity contribution in [3.05, 3.63) is 71.5 Å². The van der Waals surface area contributed by atoms with Gasteiger partial charge in [-0.15, -0.1) is 0 Å². The fraction of sp³-hybridized carbons (Fsp3) is 0.273. The molecule has 3 aromatic rings. The Hall–Kier alpha value is -3.95. The smallest absolute Gasteiger partial charge is 0.270 e. The zero-order valence-corrected chi connectivity index (χ0v) is 17.5. The van der Waals surface area contributed by atoms with Crippen molar-refractivity contribution >= 4 is 23.5 Å². The van der Waals surface area contributed by atoms with Gasteiger partial charge in [-0.05, 0) is 43.3 Å². The van der Waals surface area contributed by atoms with Crippen LogP contribution in [0.1, 0.15) is 26.6 Å². The first-order chi connectivity index (χ1) is 15.4. The Balaban J connectivity index is 1.34. The number of hydrogen-bond acceptors (Lipinski definition) is 5. The second-order valence-corrected chi connectivity index (χ2v) is 7.48. The van der Waals surface area contributed by atoms with Gasteiger partial charge in [0.1, 0.15) is 23.8 Å². The molecule has 9 nitrogen and oxygen atoms in total. The Morgan fingerprint density at radius 2 is 1.69 bits per heavy atom. The summed E-state index contributed by atoms with van der Waals surface area (Å²) in [4.78, 5) is 41.2. The number of benzene rings is 1. The molecule has 0 unspecified atom stereocenters. The zero-order valence-electron chi connectivity index (χ0n) is 17.5. The SMILES string of the molecule is Cc1cc(NC(=O)Cn2cccc2C(=O)N2CCN(C(=O)c3ccc(F)cc3)CC2)no1. The van der Waals surface area contributed by atoms with Gasteiger partial charge in [-0.2, -0.15) is 0 Å². The molecule has 1 aliphatic rings. The molecular formula is C22H22FN5O4. The molecule has 0 radical (unpaired) electrons. The lowest BCUT2D eigenvalue weighted by Crippen LogP contribution is -2.51. The number of carbonyl (C=O) groups excluding carboxylic acids is 3. The first-order valence-corrected chi connectivity index (χ1v) is 10.1. The number of aryl methyl sites for hydroxylation is 1. The number of nitrogens with zero attached hydrogens (tertiary/aromatic N) is 4.